The molecule has 22 heavy (non-hydrogen) atoms. The predicted octanol–water partition coefficient (Wildman–Crippen LogP) is 1.72. The first-order valence-corrected chi connectivity index (χ1v) is 9.37. The van der Waals surface area contributed by atoms with Crippen LogP contribution < -0.4 is 0 Å². The molecule has 2 heterocycles. The molecule has 3 aliphatic rings. The first-order valence-electron chi connectivity index (χ1n) is 8.38. The first-order chi connectivity index (χ1) is 10.7. The molecule has 5 nitrogen and oxygen atoms in total. The summed E-state index contributed by atoms with van der Waals surface area (Å²) in [4.78, 5) is 28.8. The molecule has 1 spiro atoms. The van der Waals surface area contributed by atoms with Crippen molar-refractivity contribution in [2.24, 2.45) is 5.92 Å². The van der Waals surface area contributed by atoms with E-state index in [-0.39, 0.29) is 23.3 Å². The van der Waals surface area contributed by atoms with Crippen molar-refractivity contribution >= 4 is 23.6 Å². The number of hydrogen-bond donors (Lipinski definition) is 0. The lowest BCUT2D eigenvalue weighted by atomic mass is 9.98. The zero-order valence-corrected chi connectivity index (χ0v) is 14.2. The molecule has 0 aromatic rings. The van der Waals surface area contributed by atoms with Crippen LogP contribution in [0.15, 0.2) is 0 Å². The number of carbonyl (C=O) groups excluding carboxylic acids is 2. The summed E-state index contributed by atoms with van der Waals surface area (Å²) in [5, 5.41) is 0. The quantitative estimate of drug-likeness (QED) is 0.792. The Morgan fingerprint density at radius 2 is 1.86 bits per heavy atom. The molecule has 0 bridgehead atoms. The Morgan fingerprint density at radius 3 is 2.50 bits per heavy atom. The fraction of sp³-hybridized carbons (Fsp3) is 0.875. The minimum atomic E-state index is -0.0521. The summed E-state index contributed by atoms with van der Waals surface area (Å²) in [5.74, 6) is 1.72. The van der Waals surface area contributed by atoms with Crippen LogP contribution in [0.1, 0.15) is 38.5 Å². The number of rotatable bonds is 3. The monoisotopic (exact) mass is 326 g/mol. The van der Waals surface area contributed by atoms with Gasteiger partial charge in [-0.1, -0.05) is 12.8 Å². The van der Waals surface area contributed by atoms with Crippen molar-refractivity contribution < 1.29 is 14.3 Å². The molecule has 0 aromatic carbocycles. The summed E-state index contributed by atoms with van der Waals surface area (Å²) in [6.07, 6.45) is 6.31. The third-order valence-electron chi connectivity index (χ3n) is 5.31. The number of thioether (sulfide) groups is 1. The second-order valence-electron chi connectivity index (χ2n) is 6.58. The van der Waals surface area contributed by atoms with Crippen LogP contribution in [0.25, 0.3) is 0 Å². The van der Waals surface area contributed by atoms with Crippen molar-refractivity contribution in [3.8, 4) is 0 Å². The molecule has 1 saturated carbocycles. The van der Waals surface area contributed by atoms with Gasteiger partial charge in [-0.05, 0) is 25.7 Å². The van der Waals surface area contributed by atoms with Crippen molar-refractivity contribution in [1.82, 2.24) is 9.80 Å². The van der Waals surface area contributed by atoms with Gasteiger partial charge < -0.3 is 14.5 Å². The second-order valence-corrected chi connectivity index (χ2v) is 8.04. The molecule has 3 fully saturated rings. The highest BCUT2D eigenvalue weighted by atomic mass is 32.2. The molecule has 0 radical (unpaired) electrons. The van der Waals surface area contributed by atoms with E-state index in [1.807, 2.05) is 16.7 Å². The van der Waals surface area contributed by atoms with E-state index in [0.29, 0.717) is 5.91 Å². The minimum absolute atomic E-state index is 0.0521. The van der Waals surface area contributed by atoms with Gasteiger partial charge in [0.2, 0.25) is 11.8 Å². The molecule has 2 aliphatic heterocycles. The lowest BCUT2D eigenvalue weighted by Gasteiger charge is -2.44. The van der Waals surface area contributed by atoms with Gasteiger partial charge in [0.1, 0.15) is 6.61 Å². The van der Waals surface area contributed by atoms with Crippen LogP contribution in [0.3, 0.4) is 0 Å². The molecule has 2 amide bonds. The van der Waals surface area contributed by atoms with Crippen molar-refractivity contribution in [2.45, 2.75) is 43.4 Å². The van der Waals surface area contributed by atoms with Crippen LogP contribution in [-0.4, -0.2) is 65.6 Å². The van der Waals surface area contributed by atoms with Crippen molar-refractivity contribution in [2.75, 3.05) is 39.1 Å². The van der Waals surface area contributed by atoms with E-state index in [9.17, 15) is 9.59 Å². The Kier molecular flexibility index (Phi) is 4.97. The highest BCUT2D eigenvalue weighted by Gasteiger charge is 2.48. The smallest absolute Gasteiger partial charge is 0.248 e. The summed E-state index contributed by atoms with van der Waals surface area (Å²) in [7, 11) is 1.55. The van der Waals surface area contributed by atoms with E-state index in [2.05, 4.69) is 4.90 Å². The highest BCUT2D eigenvalue weighted by Crippen LogP contribution is 2.45. The molecular formula is C16H26N2O3S. The predicted molar refractivity (Wildman–Crippen MR) is 86.6 cm³/mol. The summed E-state index contributed by atoms with van der Waals surface area (Å²) in [6, 6.07) is 0. The Bertz CT molecular complexity index is 429. The lowest BCUT2D eigenvalue weighted by molar-refractivity contribution is -0.141. The first kappa shape index (κ1) is 16.1. The Labute approximate surface area is 136 Å². The molecule has 0 N–H and O–H groups in total. The SMILES string of the molecule is COCC(=O)N1CCC2(CC1)SCCN2C(=O)C1CCCC1. The fourth-order valence-electron chi connectivity index (χ4n) is 4.05. The van der Waals surface area contributed by atoms with E-state index in [0.717, 1.165) is 51.1 Å². The molecule has 0 aromatic heterocycles. The molecule has 0 unspecified atom stereocenters. The van der Waals surface area contributed by atoms with E-state index in [1.54, 1.807) is 7.11 Å². The van der Waals surface area contributed by atoms with E-state index < -0.39 is 0 Å². The fourth-order valence-corrected chi connectivity index (χ4v) is 5.51. The second kappa shape index (κ2) is 6.79. The summed E-state index contributed by atoms with van der Waals surface area (Å²) in [5.41, 5.74) is 0. The maximum atomic E-state index is 12.9. The Balaban J connectivity index is 1.63. The van der Waals surface area contributed by atoms with E-state index in [4.69, 9.17) is 4.74 Å². The standard InChI is InChI=1S/C16H26N2O3S/c1-21-12-14(19)17-8-6-16(7-9-17)18(10-11-22-16)15(20)13-4-2-3-5-13/h13H,2-12H2,1H3. The zero-order valence-electron chi connectivity index (χ0n) is 13.4. The zero-order chi connectivity index (χ0) is 15.6. The number of hydrogen-bond acceptors (Lipinski definition) is 4. The van der Waals surface area contributed by atoms with Gasteiger partial charge in [0.05, 0.1) is 4.87 Å². The van der Waals surface area contributed by atoms with Crippen molar-refractivity contribution in [1.29, 1.82) is 0 Å². The van der Waals surface area contributed by atoms with E-state index >= 15 is 0 Å². The maximum Gasteiger partial charge on any atom is 0.248 e. The van der Waals surface area contributed by atoms with Crippen LogP contribution in [0.4, 0.5) is 0 Å². The normalized spacial score (nSPS) is 25.1. The third kappa shape index (κ3) is 3.00. The van der Waals surface area contributed by atoms with Crippen LogP contribution in [0, 0.1) is 5.92 Å². The molecule has 1 aliphatic carbocycles. The van der Waals surface area contributed by atoms with Gasteiger partial charge in [-0.2, -0.15) is 0 Å². The molecule has 6 heteroatoms. The number of piperidine rings is 1. The van der Waals surface area contributed by atoms with Gasteiger partial charge in [-0.3, -0.25) is 9.59 Å². The van der Waals surface area contributed by atoms with Crippen molar-refractivity contribution in [3.63, 3.8) is 0 Å². The van der Waals surface area contributed by atoms with Crippen LogP contribution in [0.2, 0.25) is 0 Å². The Hall–Kier alpha value is -0.750. The average molecular weight is 326 g/mol. The number of methoxy groups -OCH3 is 1. The number of carbonyl (C=O) groups is 2. The van der Waals surface area contributed by atoms with Gasteiger partial charge in [-0.25, -0.2) is 0 Å². The van der Waals surface area contributed by atoms with Gasteiger partial charge in [0.25, 0.3) is 0 Å². The number of nitrogens with zero attached hydrogens (tertiary/aromatic N) is 2. The molecule has 3 rings (SSSR count). The molecule has 124 valence electrons. The van der Waals surface area contributed by atoms with Gasteiger partial charge >= 0.3 is 0 Å². The number of amides is 2. The molecular weight excluding hydrogens is 300 g/mol. The lowest BCUT2D eigenvalue weighted by Crippen LogP contribution is -2.55. The summed E-state index contributed by atoms with van der Waals surface area (Å²) < 4.78 is 4.94. The number of ether oxygens (including phenoxy) is 1. The largest absolute Gasteiger partial charge is 0.375 e. The molecule has 0 atom stereocenters. The molecule has 2 saturated heterocycles. The average Bonchev–Trinajstić information content (AvgIpc) is 3.18. The minimum Gasteiger partial charge on any atom is -0.375 e. The topological polar surface area (TPSA) is 49.9 Å². The highest BCUT2D eigenvalue weighted by molar-refractivity contribution is 8.00. The summed E-state index contributed by atoms with van der Waals surface area (Å²) >= 11 is 1.92. The van der Waals surface area contributed by atoms with Crippen LogP contribution in [0.5, 0.6) is 0 Å². The van der Waals surface area contributed by atoms with Gasteiger partial charge in [0.15, 0.2) is 0 Å². The third-order valence-corrected chi connectivity index (χ3v) is 6.87. The van der Waals surface area contributed by atoms with Gasteiger partial charge in [0, 0.05) is 38.4 Å². The van der Waals surface area contributed by atoms with Gasteiger partial charge in [-0.15, -0.1) is 11.8 Å². The van der Waals surface area contributed by atoms with Crippen molar-refractivity contribution in [3.05, 3.63) is 0 Å². The van der Waals surface area contributed by atoms with Crippen LogP contribution >= 0.6 is 11.8 Å². The van der Waals surface area contributed by atoms with E-state index in [1.165, 1.54) is 12.8 Å². The Morgan fingerprint density at radius 1 is 1.18 bits per heavy atom. The van der Waals surface area contributed by atoms with Crippen LogP contribution in [-0.2, 0) is 14.3 Å². The number of likely N-dealkylation sites (tertiary alicyclic amines) is 1. The summed E-state index contributed by atoms with van der Waals surface area (Å²) in [6.45, 7) is 2.52. The maximum absolute atomic E-state index is 12.9.